The number of H-pyrrole nitrogens is 1. The normalized spacial score (nSPS) is 10.6. The molecule has 90 valence electrons. The molecular formula is C11H16N6. The average molecular weight is 232 g/mol. The van der Waals surface area contributed by atoms with Gasteiger partial charge in [0.05, 0.1) is 11.0 Å². The number of aromatic nitrogens is 2. The van der Waals surface area contributed by atoms with E-state index >= 15 is 0 Å². The van der Waals surface area contributed by atoms with Crippen molar-refractivity contribution in [2.24, 2.45) is 22.2 Å². The Kier molecular flexibility index (Phi) is 3.24. The summed E-state index contributed by atoms with van der Waals surface area (Å²) < 4.78 is 0. The maximum absolute atomic E-state index is 5.58. The molecule has 2 aromatic rings. The molecule has 0 aliphatic carbocycles. The lowest BCUT2D eigenvalue weighted by Gasteiger charge is -1.94. The van der Waals surface area contributed by atoms with Gasteiger partial charge < -0.3 is 22.2 Å². The maximum atomic E-state index is 5.58. The van der Waals surface area contributed by atoms with Gasteiger partial charge in [-0.15, -0.1) is 0 Å². The molecule has 17 heavy (non-hydrogen) atoms. The molecule has 0 spiro atoms. The van der Waals surface area contributed by atoms with Crippen molar-refractivity contribution in [1.82, 2.24) is 9.97 Å². The zero-order valence-corrected chi connectivity index (χ0v) is 9.48. The topological polar surface area (TPSA) is 119 Å². The minimum Gasteiger partial charge on any atom is -0.370 e. The SMILES string of the molecule is NCc1ccc2nc(CCN=C(N)N)[nH]c2c1. The number of aromatic amines is 1. The van der Waals surface area contributed by atoms with Crippen LogP contribution in [0.25, 0.3) is 11.0 Å². The second kappa shape index (κ2) is 4.84. The van der Waals surface area contributed by atoms with Crippen molar-refractivity contribution in [1.29, 1.82) is 0 Å². The smallest absolute Gasteiger partial charge is 0.185 e. The number of nitrogens with zero attached hydrogens (tertiary/aromatic N) is 2. The minimum atomic E-state index is 0.103. The summed E-state index contributed by atoms with van der Waals surface area (Å²) in [4.78, 5) is 11.6. The van der Waals surface area contributed by atoms with Crippen molar-refractivity contribution in [3.63, 3.8) is 0 Å². The van der Waals surface area contributed by atoms with Gasteiger partial charge in [0.15, 0.2) is 5.96 Å². The molecule has 1 aromatic carbocycles. The number of guanidine groups is 1. The molecule has 0 saturated carbocycles. The van der Waals surface area contributed by atoms with Crippen molar-refractivity contribution in [2.75, 3.05) is 6.54 Å². The predicted octanol–water partition coefficient (Wildman–Crippen LogP) is -0.163. The molecular weight excluding hydrogens is 216 g/mol. The van der Waals surface area contributed by atoms with Crippen LogP contribution >= 0.6 is 0 Å². The lowest BCUT2D eigenvalue weighted by atomic mass is 10.2. The summed E-state index contributed by atoms with van der Waals surface area (Å²) in [5.41, 5.74) is 19.1. The van der Waals surface area contributed by atoms with E-state index in [2.05, 4.69) is 15.0 Å². The van der Waals surface area contributed by atoms with Crippen molar-refractivity contribution < 1.29 is 0 Å². The van der Waals surface area contributed by atoms with Gasteiger partial charge in [-0.3, -0.25) is 4.99 Å². The molecule has 7 N–H and O–H groups in total. The van der Waals surface area contributed by atoms with E-state index in [1.165, 1.54) is 0 Å². The van der Waals surface area contributed by atoms with Crippen LogP contribution in [0.1, 0.15) is 11.4 Å². The van der Waals surface area contributed by atoms with Gasteiger partial charge in [0.1, 0.15) is 5.82 Å². The largest absolute Gasteiger partial charge is 0.370 e. The Labute approximate surface area is 98.9 Å². The second-order valence-electron chi connectivity index (χ2n) is 3.80. The highest BCUT2D eigenvalue weighted by Crippen LogP contribution is 2.13. The number of benzene rings is 1. The van der Waals surface area contributed by atoms with E-state index in [0.29, 0.717) is 19.5 Å². The first-order valence-electron chi connectivity index (χ1n) is 5.42. The van der Waals surface area contributed by atoms with Crippen LogP contribution < -0.4 is 17.2 Å². The molecule has 0 fully saturated rings. The fraction of sp³-hybridized carbons (Fsp3) is 0.273. The molecule has 0 radical (unpaired) electrons. The molecule has 2 rings (SSSR count). The summed E-state index contributed by atoms with van der Waals surface area (Å²) in [5, 5.41) is 0. The Morgan fingerprint density at radius 2 is 2.18 bits per heavy atom. The highest BCUT2D eigenvalue weighted by atomic mass is 15.0. The monoisotopic (exact) mass is 232 g/mol. The summed E-state index contributed by atoms with van der Waals surface area (Å²) in [5.74, 6) is 0.978. The van der Waals surface area contributed by atoms with Gasteiger partial charge in [0.25, 0.3) is 0 Å². The number of fused-ring (bicyclic) bond motifs is 1. The van der Waals surface area contributed by atoms with Gasteiger partial charge in [0.2, 0.25) is 0 Å². The molecule has 1 heterocycles. The van der Waals surface area contributed by atoms with Gasteiger partial charge in [-0.25, -0.2) is 4.98 Å². The van der Waals surface area contributed by atoms with Gasteiger partial charge in [-0.1, -0.05) is 6.07 Å². The first-order valence-corrected chi connectivity index (χ1v) is 5.42. The number of nitrogens with one attached hydrogen (secondary N) is 1. The van der Waals surface area contributed by atoms with Crippen molar-refractivity contribution >= 4 is 17.0 Å². The third-order valence-electron chi connectivity index (χ3n) is 2.47. The van der Waals surface area contributed by atoms with E-state index in [1.807, 2.05) is 18.2 Å². The summed E-state index contributed by atoms with van der Waals surface area (Å²) in [6.07, 6.45) is 0.685. The first-order chi connectivity index (χ1) is 8.19. The summed E-state index contributed by atoms with van der Waals surface area (Å²) in [6.45, 7) is 1.06. The molecule has 6 heteroatoms. The van der Waals surface area contributed by atoms with Gasteiger partial charge in [-0.05, 0) is 17.7 Å². The predicted molar refractivity (Wildman–Crippen MR) is 68.4 cm³/mol. The molecule has 0 atom stereocenters. The Morgan fingerprint density at radius 1 is 1.35 bits per heavy atom. The molecule has 6 nitrogen and oxygen atoms in total. The first kappa shape index (κ1) is 11.4. The second-order valence-corrected chi connectivity index (χ2v) is 3.80. The number of rotatable bonds is 4. The zero-order valence-electron chi connectivity index (χ0n) is 9.48. The van der Waals surface area contributed by atoms with Crippen LogP contribution in [-0.2, 0) is 13.0 Å². The standard InChI is InChI=1S/C11H16N6/c12-6-7-1-2-8-9(5-7)17-10(16-8)3-4-15-11(13)14/h1-2,5H,3-4,6,12H2,(H,16,17)(H4,13,14,15). The van der Waals surface area contributed by atoms with Crippen molar-refractivity contribution in [3.8, 4) is 0 Å². The van der Waals surface area contributed by atoms with Gasteiger partial charge in [0, 0.05) is 19.5 Å². The Morgan fingerprint density at radius 3 is 2.88 bits per heavy atom. The zero-order chi connectivity index (χ0) is 12.3. The number of aliphatic imine (C=N–C) groups is 1. The third-order valence-corrected chi connectivity index (χ3v) is 2.47. The van der Waals surface area contributed by atoms with Crippen LogP contribution in [0.3, 0.4) is 0 Å². The number of nitrogens with two attached hydrogens (primary N) is 3. The minimum absolute atomic E-state index is 0.103. The highest BCUT2D eigenvalue weighted by molar-refractivity contribution is 5.76. The summed E-state index contributed by atoms with van der Waals surface area (Å²) >= 11 is 0. The summed E-state index contributed by atoms with van der Waals surface area (Å²) in [6, 6.07) is 5.94. The Balaban J connectivity index is 2.17. The van der Waals surface area contributed by atoms with E-state index in [9.17, 15) is 0 Å². The summed E-state index contributed by atoms with van der Waals surface area (Å²) in [7, 11) is 0. The van der Waals surface area contributed by atoms with E-state index in [-0.39, 0.29) is 5.96 Å². The quantitative estimate of drug-likeness (QED) is 0.432. The maximum Gasteiger partial charge on any atom is 0.185 e. The number of hydrogen-bond donors (Lipinski definition) is 4. The third kappa shape index (κ3) is 2.73. The molecule has 0 bridgehead atoms. The van der Waals surface area contributed by atoms with Crippen LogP contribution in [0.15, 0.2) is 23.2 Å². The highest BCUT2D eigenvalue weighted by Gasteiger charge is 2.02. The Hall–Kier alpha value is -2.08. The van der Waals surface area contributed by atoms with E-state index in [0.717, 1.165) is 22.4 Å². The van der Waals surface area contributed by atoms with Crippen LogP contribution in [0.4, 0.5) is 0 Å². The number of hydrogen-bond acceptors (Lipinski definition) is 3. The van der Waals surface area contributed by atoms with Gasteiger partial charge >= 0.3 is 0 Å². The molecule has 0 aliphatic rings. The molecule has 0 saturated heterocycles. The van der Waals surface area contributed by atoms with Crippen LogP contribution in [0, 0.1) is 0 Å². The van der Waals surface area contributed by atoms with Crippen molar-refractivity contribution in [3.05, 3.63) is 29.6 Å². The molecule has 1 aromatic heterocycles. The molecule has 0 unspecified atom stereocenters. The van der Waals surface area contributed by atoms with Crippen LogP contribution in [0.5, 0.6) is 0 Å². The average Bonchev–Trinajstić information content (AvgIpc) is 2.69. The van der Waals surface area contributed by atoms with Crippen LogP contribution in [0.2, 0.25) is 0 Å². The van der Waals surface area contributed by atoms with E-state index < -0.39 is 0 Å². The van der Waals surface area contributed by atoms with Crippen molar-refractivity contribution in [2.45, 2.75) is 13.0 Å². The van der Waals surface area contributed by atoms with E-state index in [4.69, 9.17) is 17.2 Å². The Bertz CT molecular complexity index is 538. The lowest BCUT2D eigenvalue weighted by Crippen LogP contribution is -2.23. The molecule has 0 aliphatic heterocycles. The number of imidazole rings is 1. The van der Waals surface area contributed by atoms with E-state index in [1.54, 1.807) is 0 Å². The fourth-order valence-corrected chi connectivity index (χ4v) is 1.65. The molecule has 0 amide bonds. The van der Waals surface area contributed by atoms with Crippen LogP contribution in [-0.4, -0.2) is 22.5 Å². The van der Waals surface area contributed by atoms with Gasteiger partial charge in [-0.2, -0.15) is 0 Å². The lowest BCUT2D eigenvalue weighted by molar-refractivity contribution is 0.897. The fourth-order valence-electron chi connectivity index (χ4n) is 1.65.